The molecule has 3 heterocycles. The van der Waals surface area contributed by atoms with Crippen molar-refractivity contribution in [3.8, 4) is 11.8 Å². The number of hydrogen-bond acceptors (Lipinski definition) is 6. The number of fused-ring (bicyclic) bond motifs is 3. The molecule has 1 amide bonds. The van der Waals surface area contributed by atoms with Gasteiger partial charge in [-0.3, -0.25) is 14.6 Å². The smallest absolute Gasteiger partial charge is 0.241 e. The Balaban J connectivity index is 1.80. The fraction of sp³-hybridized carbons (Fsp3) is 0.185. The van der Waals surface area contributed by atoms with Crippen LogP contribution in [0.3, 0.4) is 0 Å². The number of nitriles is 1. The Kier molecular flexibility index (Phi) is 5.14. The topological polar surface area (TPSA) is 109 Å². The molecule has 168 valence electrons. The number of aromatic nitrogens is 1. The van der Waals surface area contributed by atoms with Crippen LogP contribution in [0, 0.1) is 16.7 Å². The van der Waals surface area contributed by atoms with Gasteiger partial charge in [-0.05, 0) is 35.4 Å². The Bertz CT molecular complexity index is 1350. The number of hydrogen-bond donors (Lipinski definition) is 1. The summed E-state index contributed by atoms with van der Waals surface area (Å²) >= 11 is 0. The number of primary amides is 1. The van der Waals surface area contributed by atoms with Gasteiger partial charge >= 0.3 is 0 Å². The molecule has 0 spiro atoms. The molecule has 0 radical (unpaired) electrons. The highest BCUT2D eigenvalue weighted by Gasteiger charge is 2.65. The maximum absolute atomic E-state index is 14.2. The lowest BCUT2D eigenvalue weighted by Gasteiger charge is -2.36. The Morgan fingerprint density at radius 1 is 1.15 bits per heavy atom. The van der Waals surface area contributed by atoms with E-state index < -0.39 is 29.3 Å². The molecule has 4 atom stereocenters. The van der Waals surface area contributed by atoms with Crippen molar-refractivity contribution in [2.24, 2.45) is 11.1 Å². The number of pyridine rings is 1. The molecule has 3 aromatic rings. The van der Waals surface area contributed by atoms with E-state index in [1.807, 2.05) is 35.2 Å². The zero-order valence-corrected chi connectivity index (χ0v) is 18.5. The summed E-state index contributed by atoms with van der Waals surface area (Å²) in [4.78, 5) is 33.4. The van der Waals surface area contributed by atoms with Crippen molar-refractivity contribution in [1.82, 2.24) is 4.98 Å². The maximum Gasteiger partial charge on any atom is 0.241 e. The number of ether oxygens (including phenoxy) is 1. The summed E-state index contributed by atoms with van der Waals surface area (Å²) < 4.78 is 5.33. The van der Waals surface area contributed by atoms with Crippen LogP contribution in [-0.4, -0.2) is 35.9 Å². The molecule has 1 saturated heterocycles. The van der Waals surface area contributed by atoms with E-state index >= 15 is 0 Å². The number of Topliss-reactive ketones (excluding diaryl/α,β-unsaturated/α-hetero) is 1. The average molecular weight is 450 g/mol. The molecule has 0 bridgehead atoms. The first kappa shape index (κ1) is 21.4. The summed E-state index contributed by atoms with van der Waals surface area (Å²) in [5.74, 6) is -1.31. The van der Waals surface area contributed by atoms with Crippen LogP contribution in [0.2, 0.25) is 0 Å². The number of rotatable bonds is 5. The van der Waals surface area contributed by atoms with Gasteiger partial charge in [-0.1, -0.05) is 48.6 Å². The van der Waals surface area contributed by atoms with E-state index in [1.54, 1.807) is 54.9 Å². The van der Waals surface area contributed by atoms with Gasteiger partial charge in [-0.15, -0.1) is 0 Å². The molecule has 2 aromatic carbocycles. The monoisotopic (exact) mass is 450 g/mol. The Morgan fingerprint density at radius 3 is 2.68 bits per heavy atom. The van der Waals surface area contributed by atoms with Crippen molar-refractivity contribution in [2.45, 2.75) is 18.0 Å². The summed E-state index contributed by atoms with van der Waals surface area (Å²) in [6, 6.07) is 18.6. The standard InChI is InChI=1S/C27H22N4O3/c1-34-20-9-4-7-18(14-20)25(32)24-23(19-8-5-13-30-15-19)27(16-28,26(29)33)22-12-11-17-6-2-3-10-21(17)31(22)24/h2-15,22-24H,1H3,(H2,29,33)/t22-,23-,24-,27-/m0/s1. The number of carbonyl (C=O) groups excluding carboxylic acids is 2. The van der Waals surface area contributed by atoms with Gasteiger partial charge in [0.15, 0.2) is 11.2 Å². The van der Waals surface area contributed by atoms with Crippen molar-refractivity contribution in [1.29, 1.82) is 5.26 Å². The molecular weight excluding hydrogens is 428 g/mol. The third-order valence-corrected chi connectivity index (χ3v) is 6.80. The fourth-order valence-electron chi connectivity index (χ4n) is 5.31. The zero-order chi connectivity index (χ0) is 23.9. The highest BCUT2D eigenvalue weighted by molar-refractivity contribution is 6.06. The molecule has 7 heteroatoms. The SMILES string of the molecule is COc1cccc(C(=O)[C@@H]2[C@H](c3cccnc3)[C@@](C#N)(C(N)=O)[C@@H]3C=Cc4ccccc4N23)c1. The van der Waals surface area contributed by atoms with Gasteiger partial charge in [0, 0.05) is 29.6 Å². The first-order chi connectivity index (χ1) is 16.5. The number of nitrogens with zero attached hydrogens (tertiary/aromatic N) is 3. The number of benzene rings is 2. The van der Waals surface area contributed by atoms with Gasteiger partial charge in [-0.25, -0.2) is 0 Å². The van der Waals surface area contributed by atoms with E-state index in [0.29, 0.717) is 16.9 Å². The number of carbonyl (C=O) groups is 2. The second-order valence-corrected chi connectivity index (χ2v) is 8.42. The summed E-state index contributed by atoms with van der Waals surface area (Å²) in [6.45, 7) is 0. The van der Waals surface area contributed by atoms with Crippen LogP contribution < -0.4 is 15.4 Å². The van der Waals surface area contributed by atoms with Crippen LogP contribution in [0.15, 0.2) is 79.1 Å². The van der Waals surface area contributed by atoms with E-state index in [0.717, 1.165) is 11.3 Å². The normalized spacial score (nSPS) is 24.6. The predicted molar refractivity (Wildman–Crippen MR) is 127 cm³/mol. The van der Waals surface area contributed by atoms with Crippen molar-refractivity contribution < 1.29 is 14.3 Å². The van der Waals surface area contributed by atoms with Crippen molar-refractivity contribution >= 4 is 23.5 Å². The second kappa shape index (κ2) is 8.16. The number of amides is 1. The van der Waals surface area contributed by atoms with Gasteiger partial charge in [0.2, 0.25) is 5.91 Å². The molecule has 0 saturated carbocycles. The van der Waals surface area contributed by atoms with Gasteiger partial charge in [0.05, 0.1) is 19.2 Å². The van der Waals surface area contributed by atoms with Crippen molar-refractivity contribution in [3.63, 3.8) is 0 Å². The molecular formula is C27H22N4O3. The number of anilines is 1. The van der Waals surface area contributed by atoms with Gasteiger partial charge < -0.3 is 15.4 Å². The third-order valence-electron chi connectivity index (χ3n) is 6.80. The van der Waals surface area contributed by atoms with Gasteiger partial charge in [-0.2, -0.15) is 5.26 Å². The number of nitrogens with two attached hydrogens (primary N) is 1. The minimum absolute atomic E-state index is 0.235. The molecule has 5 rings (SSSR count). The van der Waals surface area contributed by atoms with Crippen LogP contribution in [0.25, 0.3) is 6.08 Å². The molecule has 34 heavy (non-hydrogen) atoms. The van der Waals surface area contributed by atoms with E-state index in [2.05, 4.69) is 11.1 Å². The number of methoxy groups -OCH3 is 1. The lowest BCUT2D eigenvalue weighted by Crippen LogP contribution is -2.49. The Morgan fingerprint density at radius 2 is 1.97 bits per heavy atom. The predicted octanol–water partition coefficient (Wildman–Crippen LogP) is 3.34. The minimum atomic E-state index is -1.69. The number of para-hydroxylation sites is 1. The molecule has 0 unspecified atom stereocenters. The van der Waals surface area contributed by atoms with Crippen LogP contribution >= 0.6 is 0 Å². The van der Waals surface area contributed by atoms with Gasteiger partial charge in [0.1, 0.15) is 11.8 Å². The van der Waals surface area contributed by atoms with E-state index in [4.69, 9.17) is 10.5 Å². The number of ketones is 1. The Hall–Kier alpha value is -4.44. The molecule has 1 fully saturated rings. The highest BCUT2D eigenvalue weighted by atomic mass is 16.5. The summed E-state index contributed by atoms with van der Waals surface area (Å²) in [6.07, 6.45) is 6.89. The molecule has 0 aliphatic carbocycles. The third kappa shape index (κ3) is 3.00. The fourth-order valence-corrected chi connectivity index (χ4v) is 5.31. The van der Waals surface area contributed by atoms with Crippen LogP contribution in [-0.2, 0) is 4.79 Å². The van der Waals surface area contributed by atoms with Crippen molar-refractivity contribution in [2.75, 3.05) is 12.0 Å². The lowest BCUT2D eigenvalue weighted by atomic mass is 9.68. The molecule has 2 aliphatic heterocycles. The first-order valence-electron chi connectivity index (χ1n) is 10.9. The lowest BCUT2D eigenvalue weighted by molar-refractivity contribution is -0.125. The van der Waals surface area contributed by atoms with Crippen LogP contribution in [0.1, 0.15) is 27.4 Å². The quantitative estimate of drug-likeness (QED) is 0.597. The van der Waals surface area contributed by atoms with Gasteiger partial charge in [0.25, 0.3) is 0 Å². The van der Waals surface area contributed by atoms with E-state index in [1.165, 1.54) is 7.11 Å². The average Bonchev–Trinajstić information content (AvgIpc) is 3.20. The maximum atomic E-state index is 14.2. The van der Waals surface area contributed by atoms with Crippen molar-refractivity contribution in [3.05, 3.63) is 95.8 Å². The molecule has 2 aliphatic rings. The molecule has 2 N–H and O–H groups in total. The van der Waals surface area contributed by atoms with Crippen LogP contribution in [0.5, 0.6) is 5.75 Å². The highest BCUT2D eigenvalue weighted by Crippen LogP contribution is 2.55. The summed E-state index contributed by atoms with van der Waals surface area (Å²) in [7, 11) is 1.53. The van der Waals surface area contributed by atoms with E-state index in [9.17, 15) is 14.9 Å². The minimum Gasteiger partial charge on any atom is -0.497 e. The van der Waals surface area contributed by atoms with Crippen LogP contribution in [0.4, 0.5) is 5.69 Å². The zero-order valence-electron chi connectivity index (χ0n) is 18.5. The van der Waals surface area contributed by atoms with E-state index in [-0.39, 0.29) is 5.78 Å². The largest absolute Gasteiger partial charge is 0.497 e. The Labute approximate surface area is 197 Å². The second-order valence-electron chi connectivity index (χ2n) is 8.42. The summed E-state index contributed by atoms with van der Waals surface area (Å²) in [5, 5.41) is 10.5. The first-order valence-corrected chi connectivity index (χ1v) is 10.9. The molecule has 1 aromatic heterocycles. The molecule has 7 nitrogen and oxygen atoms in total. The summed E-state index contributed by atoms with van der Waals surface area (Å²) in [5.41, 5.74) is 6.96.